The Hall–Kier alpha value is -0.810. The van der Waals surface area contributed by atoms with Crippen LogP contribution in [0.5, 0.6) is 0 Å². The van der Waals surface area contributed by atoms with E-state index in [1.807, 2.05) is 30.3 Å². The standard InChI is InChI=1S/C17H27F2O4P/c1-13(2)22-24(21,23-14(3)4)17(18,19)12-16(20)11-10-15-8-6-5-7-9-15/h5-9,13-14,16,20H,10-12H2,1-4H3. The Morgan fingerprint density at radius 1 is 1.08 bits per heavy atom. The van der Waals surface area contributed by atoms with Gasteiger partial charge in [-0.1, -0.05) is 30.3 Å². The Morgan fingerprint density at radius 2 is 1.58 bits per heavy atom. The topological polar surface area (TPSA) is 55.8 Å². The summed E-state index contributed by atoms with van der Waals surface area (Å²) in [6, 6.07) is 9.27. The molecule has 0 aliphatic heterocycles. The molecule has 1 aromatic rings. The van der Waals surface area contributed by atoms with Gasteiger partial charge in [0, 0.05) is 6.42 Å². The van der Waals surface area contributed by atoms with Crippen LogP contribution in [0.2, 0.25) is 0 Å². The van der Waals surface area contributed by atoms with E-state index in [4.69, 9.17) is 9.05 Å². The van der Waals surface area contributed by atoms with E-state index >= 15 is 0 Å². The van der Waals surface area contributed by atoms with Crippen molar-refractivity contribution in [1.82, 2.24) is 0 Å². The maximum absolute atomic E-state index is 14.5. The lowest BCUT2D eigenvalue weighted by molar-refractivity contribution is -0.0183. The number of rotatable bonds is 10. The third-order valence-corrected chi connectivity index (χ3v) is 5.57. The van der Waals surface area contributed by atoms with Gasteiger partial charge in [-0.15, -0.1) is 0 Å². The molecule has 24 heavy (non-hydrogen) atoms. The number of aliphatic hydroxyl groups is 1. The van der Waals surface area contributed by atoms with Crippen LogP contribution in [0, 0.1) is 0 Å². The van der Waals surface area contributed by atoms with Crippen molar-refractivity contribution in [2.75, 3.05) is 0 Å². The molecule has 0 fully saturated rings. The Morgan fingerprint density at radius 3 is 2.04 bits per heavy atom. The van der Waals surface area contributed by atoms with Crippen LogP contribution in [0.4, 0.5) is 8.78 Å². The predicted molar refractivity (Wildman–Crippen MR) is 90.4 cm³/mol. The number of hydrogen-bond donors (Lipinski definition) is 1. The first-order chi connectivity index (χ1) is 11.1. The van der Waals surface area contributed by atoms with Crippen LogP contribution in [-0.4, -0.2) is 29.1 Å². The maximum atomic E-state index is 14.5. The summed E-state index contributed by atoms with van der Waals surface area (Å²) in [6.45, 7) is 6.05. The quantitative estimate of drug-likeness (QED) is 0.593. The molecule has 0 aliphatic rings. The van der Waals surface area contributed by atoms with Crippen LogP contribution in [0.25, 0.3) is 0 Å². The van der Waals surface area contributed by atoms with Crippen molar-refractivity contribution in [3.8, 4) is 0 Å². The Kier molecular flexibility index (Phi) is 8.00. The van der Waals surface area contributed by atoms with Crippen LogP contribution < -0.4 is 0 Å². The molecule has 1 aromatic carbocycles. The highest BCUT2D eigenvalue weighted by molar-refractivity contribution is 7.55. The average Bonchev–Trinajstić information content (AvgIpc) is 2.44. The zero-order valence-corrected chi connectivity index (χ0v) is 15.5. The van der Waals surface area contributed by atoms with Gasteiger partial charge >= 0.3 is 13.3 Å². The van der Waals surface area contributed by atoms with E-state index in [0.29, 0.717) is 6.42 Å². The summed E-state index contributed by atoms with van der Waals surface area (Å²) in [5.41, 5.74) is -2.81. The van der Waals surface area contributed by atoms with E-state index in [1.165, 1.54) is 27.7 Å². The predicted octanol–water partition coefficient (Wildman–Crippen LogP) is 5.01. The second kappa shape index (κ2) is 9.04. The van der Waals surface area contributed by atoms with Crippen molar-refractivity contribution in [3.63, 3.8) is 0 Å². The molecule has 0 saturated heterocycles. The van der Waals surface area contributed by atoms with Gasteiger partial charge in [-0.3, -0.25) is 4.57 Å². The summed E-state index contributed by atoms with van der Waals surface area (Å²) in [7, 11) is -4.68. The lowest BCUT2D eigenvalue weighted by Crippen LogP contribution is -2.29. The van der Waals surface area contributed by atoms with Crippen LogP contribution in [0.1, 0.15) is 46.1 Å². The lowest BCUT2D eigenvalue weighted by Gasteiger charge is -2.30. The van der Waals surface area contributed by atoms with Crippen molar-refractivity contribution in [2.24, 2.45) is 0 Å². The fourth-order valence-corrected chi connectivity index (χ4v) is 4.11. The first kappa shape index (κ1) is 21.2. The molecule has 1 N–H and O–H groups in total. The molecule has 1 rings (SSSR count). The van der Waals surface area contributed by atoms with Crippen molar-refractivity contribution in [1.29, 1.82) is 0 Å². The van der Waals surface area contributed by atoms with Crippen LogP contribution in [-0.2, 0) is 20.0 Å². The summed E-state index contributed by atoms with van der Waals surface area (Å²) in [5.74, 6) is 0. The highest BCUT2D eigenvalue weighted by atomic mass is 31.2. The number of benzene rings is 1. The molecule has 1 atom stereocenters. The monoisotopic (exact) mass is 364 g/mol. The second-order valence-electron chi connectivity index (χ2n) is 6.35. The van der Waals surface area contributed by atoms with E-state index in [2.05, 4.69) is 0 Å². The average molecular weight is 364 g/mol. The zero-order valence-electron chi connectivity index (χ0n) is 14.6. The Bertz CT molecular complexity index is 521. The molecule has 0 saturated carbocycles. The molecule has 1 unspecified atom stereocenters. The highest BCUT2D eigenvalue weighted by Crippen LogP contribution is 2.65. The normalized spacial score (nSPS) is 14.4. The number of alkyl halides is 2. The van der Waals surface area contributed by atoms with Gasteiger partial charge in [-0.05, 0) is 46.1 Å². The SMILES string of the molecule is CC(C)OP(=O)(OC(C)C)C(F)(F)CC(O)CCc1ccccc1. The first-order valence-electron chi connectivity index (χ1n) is 8.12. The lowest BCUT2D eigenvalue weighted by atomic mass is 10.1. The van der Waals surface area contributed by atoms with E-state index in [9.17, 15) is 18.5 Å². The molecule has 7 heteroatoms. The highest BCUT2D eigenvalue weighted by Gasteiger charge is 2.55. The summed E-state index contributed by atoms with van der Waals surface area (Å²) < 4.78 is 51.5. The van der Waals surface area contributed by atoms with E-state index in [1.54, 1.807) is 0 Å². The second-order valence-corrected chi connectivity index (χ2v) is 8.42. The summed E-state index contributed by atoms with van der Waals surface area (Å²) in [4.78, 5) is 0. The van der Waals surface area contributed by atoms with Gasteiger partial charge in [0.15, 0.2) is 0 Å². The Labute approximate surface area is 142 Å². The largest absolute Gasteiger partial charge is 0.400 e. The molecule has 138 valence electrons. The molecule has 0 spiro atoms. The number of hydrogen-bond acceptors (Lipinski definition) is 4. The van der Waals surface area contributed by atoms with E-state index < -0.39 is 38.0 Å². The summed E-state index contributed by atoms with van der Waals surface area (Å²) >= 11 is 0. The zero-order chi connectivity index (χ0) is 18.4. The number of aryl methyl sites for hydroxylation is 1. The minimum absolute atomic E-state index is 0.142. The summed E-state index contributed by atoms with van der Waals surface area (Å²) in [5, 5.41) is 9.97. The smallest absolute Gasteiger partial charge is 0.393 e. The van der Waals surface area contributed by atoms with Gasteiger partial charge < -0.3 is 14.2 Å². The first-order valence-corrected chi connectivity index (χ1v) is 9.67. The fraction of sp³-hybridized carbons (Fsp3) is 0.647. The van der Waals surface area contributed by atoms with Crippen molar-refractivity contribution in [2.45, 2.75) is 70.9 Å². The maximum Gasteiger partial charge on any atom is 0.400 e. The van der Waals surface area contributed by atoms with Crippen LogP contribution >= 0.6 is 7.60 Å². The molecular formula is C17H27F2O4P. The van der Waals surface area contributed by atoms with Gasteiger partial charge in [-0.2, -0.15) is 8.78 Å². The summed E-state index contributed by atoms with van der Waals surface area (Å²) in [6.07, 6.45) is -3.03. The molecule has 0 amide bonds. The van der Waals surface area contributed by atoms with Crippen LogP contribution in [0.3, 0.4) is 0 Å². The van der Waals surface area contributed by atoms with Crippen molar-refractivity contribution in [3.05, 3.63) is 35.9 Å². The Balaban J connectivity index is 2.74. The number of halogens is 2. The van der Waals surface area contributed by atoms with E-state index in [-0.39, 0.29) is 6.42 Å². The molecule has 0 aromatic heterocycles. The van der Waals surface area contributed by atoms with Gasteiger partial charge in [0.05, 0.1) is 18.3 Å². The fourth-order valence-electron chi connectivity index (χ4n) is 2.21. The molecule has 4 nitrogen and oxygen atoms in total. The van der Waals surface area contributed by atoms with E-state index in [0.717, 1.165) is 5.56 Å². The van der Waals surface area contributed by atoms with Crippen molar-refractivity contribution >= 4 is 7.60 Å². The van der Waals surface area contributed by atoms with Gasteiger partial charge in [0.25, 0.3) is 0 Å². The molecular weight excluding hydrogens is 337 g/mol. The number of aliphatic hydroxyl groups excluding tert-OH is 1. The third-order valence-electron chi connectivity index (χ3n) is 3.19. The third kappa shape index (κ3) is 6.60. The molecule has 0 radical (unpaired) electrons. The van der Waals surface area contributed by atoms with Gasteiger partial charge in [0.1, 0.15) is 0 Å². The van der Waals surface area contributed by atoms with Gasteiger partial charge in [-0.25, -0.2) is 0 Å². The molecule has 0 bridgehead atoms. The minimum atomic E-state index is -4.68. The van der Waals surface area contributed by atoms with Crippen LogP contribution in [0.15, 0.2) is 30.3 Å². The van der Waals surface area contributed by atoms with Gasteiger partial charge in [0.2, 0.25) is 0 Å². The molecule has 0 heterocycles. The molecule has 0 aliphatic carbocycles. The van der Waals surface area contributed by atoms with Crippen molar-refractivity contribution < 1.29 is 27.5 Å². The minimum Gasteiger partial charge on any atom is -0.393 e.